The second-order valence-electron chi connectivity index (χ2n) is 3.03. The van der Waals surface area contributed by atoms with Crippen molar-refractivity contribution in [2.75, 3.05) is 14.2 Å². The third kappa shape index (κ3) is 2.22. The third-order valence-electron chi connectivity index (χ3n) is 2.12. The van der Waals surface area contributed by atoms with E-state index in [-0.39, 0.29) is 5.75 Å². The van der Waals surface area contributed by atoms with E-state index in [1.165, 1.54) is 26.4 Å². The Balaban J connectivity index is 3.36. The van der Waals surface area contributed by atoms with Crippen LogP contribution < -0.4 is 15.2 Å². The van der Waals surface area contributed by atoms with Crippen LogP contribution in [0.5, 0.6) is 17.2 Å². The van der Waals surface area contributed by atoms with Crippen molar-refractivity contribution in [1.29, 1.82) is 0 Å². The van der Waals surface area contributed by atoms with Crippen molar-refractivity contribution in [3.8, 4) is 17.2 Å². The van der Waals surface area contributed by atoms with Gasteiger partial charge in [-0.15, -0.1) is 6.58 Å². The van der Waals surface area contributed by atoms with Crippen LogP contribution in [-0.4, -0.2) is 19.3 Å². The molecule has 0 saturated carbocycles. The van der Waals surface area contributed by atoms with Gasteiger partial charge in [0.15, 0.2) is 0 Å². The summed E-state index contributed by atoms with van der Waals surface area (Å²) in [5.41, 5.74) is 6.51. The Morgan fingerprint density at radius 3 is 2.13 bits per heavy atom. The molecule has 4 heteroatoms. The number of benzene rings is 1. The second kappa shape index (κ2) is 4.70. The first-order chi connectivity index (χ1) is 7.13. The summed E-state index contributed by atoms with van der Waals surface area (Å²) < 4.78 is 10.2. The molecule has 0 heterocycles. The van der Waals surface area contributed by atoms with E-state index in [0.717, 1.165) is 0 Å². The highest BCUT2D eigenvalue weighted by Crippen LogP contribution is 2.37. The van der Waals surface area contributed by atoms with Gasteiger partial charge in [-0.05, 0) is 0 Å². The molecule has 0 aliphatic carbocycles. The van der Waals surface area contributed by atoms with Crippen LogP contribution in [0.2, 0.25) is 0 Å². The normalized spacial score (nSPS) is 11.9. The zero-order valence-corrected chi connectivity index (χ0v) is 8.86. The number of nitrogens with two attached hydrogens (primary N) is 1. The Kier molecular flexibility index (Phi) is 3.57. The highest BCUT2D eigenvalue weighted by Gasteiger charge is 2.16. The lowest BCUT2D eigenvalue weighted by Gasteiger charge is -2.16. The molecular weight excluding hydrogens is 194 g/mol. The van der Waals surface area contributed by atoms with Gasteiger partial charge in [0.1, 0.15) is 17.2 Å². The highest BCUT2D eigenvalue weighted by atomic mass is 16.5. The van der Waals surface area contributed by atoms with Gasteiger partial charge in [0.25, 0.3) is 0 Å². The van der Waals surface area contributed by atoms with E-state index in [1.54, 1.807) is 6.08 Å². The molecule has 0 radical (unpaired) electrons. The van der Waals surface area contributed by atoms with Gasteiger partial charge in [-0.2, -0.15) is 0 Å². The van der Waals surface area contributed by atoms with E-state index >= 15 is 0 Å². The molecule has 0 spiro atoms. The van der Waals surface area contributed by atoms with Crippen LogP contribution in [0, 0.1) is 0 Å². The topological polar surface area (TPSA) is 64.7 Å². The average Bonchev–Trinajstić information content (AvgIpc) is 2.26. The number of hydrogen-bond donors (Lipinski definition) is 2. The zero-order valence-electron chi connectivity index (χ0n) is 8.86. The van der Waals surface area contributed by atoms with E-state index in [2.05, 4.69) is 6.58 Å². The quantitative estimate of drug-likeness (QED) is 0.739. The number of rotatable bonds is 4. The van der Waals surface area contributed by atoms with E-state index in [0.29, 0.717) is 17.1 Å². The lowest BCUT2D eigenvalue weighted by Crippen LogP contribution is -2.10. The number of ether oxygens (including phenoxy) is 2. The van der Waals surface area contributed by atoms with Gasteiger partial charge in [-0.3, -0.25) is 0 Å². The standard InChI is InChI=1S/C11H15NO3/c1-4-8(12)11-9(14-2)5-7(13)6-10(11)15-3/h4-6,8,13H,1,12H2,2-3H3/t8-/m1/s1. The molecule has 15 heavy (non-hydrogen) atoms. The van der Waals surface area contributed by atoms with Gasteiger partial charge in [0.2, 0.25) is 0 Å². The Morgan fingerprint density at radius 1 is 1.33 bits per heavy atom. The van der Waals surface area contributed by atoms with Gasteiger partial charge >= 0.3 is 0 Å². The summed E-state index contributed by atoms with van der Waals surface area (Å²) in [4.78, 5) is 0. The first-order valence-corrected chi connectivity index (χ1v) is 4.47. The maximum atomic E-state index is 9.41. The molecule has 1 aromatic rings. The molecule has 1 rings (SSSR count). The summed E-state index contributed by atoms with van der Waals surface area (Å²) in [6.45, 7) is 3.61. The van der Waals surface area contributed by atoms with Crippen LogP contribution in [0.3, 0.4) is 0 Å². The highest BCUT2D eigenvalue weighted by molar-refractivity contribution is 5.52. The number of phenolic OH excluding ortho intramolecular Hbond substituents is 1. The summed E-state index contributed by atoms with van der Waals surface area (Å²) in [6, 6.07) is 2.58. The van der Waals surface area contributed by atoms with Gasteiger partial charge in [-0.25, -0.2) is 0 Å². The Morgan fingerprint density at radius 2 is 1.80 bits per heavy atom. The molecule has 0 bridgehead atoms. The first-order valence-electron chi connectivity index (χ1n) is 4.47. The summed E-state index contributed by atoms with van der Waals surface area (Å²) in [7, 11) is 3.01. The molecule has 0 fully saturated rings. The fourth-order valence-electron chi connectivity index (χ4n) is 1.37. The number of methoxy groups -OCH3 is 2. The van der Waals surface area contributed by atoms with Gasteiger partial charge < -0.3 is 20.3 Å². The smallest absolute Gasteiger partial charge is 0.131 e. The summed E-state index contributed by atoms with van der Waals surface area (Å²) >= 11 is 0. The van der Waals surface area contributed by atoms with E-state index < -0.39 is 6.04 Å². The summed E-state index contributed by atoms with van der Waals surface area (Å²) in [5, 5.41) is 9.41. The number of hydrogen-bond acceptors (Lipinski definition) is 4. The van der Waals surface area contributed by atoms with E-state index in [1.807, 2.05) is 0 Å². The maximum Gasteiger partial charge on any atom is 0.131 e. The van der Waals surface area contributed by atoms with Crippen molar-refractivity contribution in [3.63, 3.8) is 0 Å². The molecule has 4 nitrogen and oxygen atoms in total. The number of phenols is 1. The zero-order chi connectivity index (χ0) is 11.4. The van der Waals surface area contributed by atoms with Crippen LogP contribution in [0.15, 0.2) is 24.8 Å². The molecule has 0 saturated heterocycles. The van der Waals surface area contributed by atoms with Crippen LogP contribution in [0.4, 0.5) is 0 Å². The molecule has 1 aromatic carbocycles. The third-order valence-corrected chi connectivity index (χ3v) is 2.12. The molecule has 1 atom stereocenters. The predicted molar refractivity (Wildman–Crippen MR) is 58.3 cm³/mol. The monoisotopic (exact) mass is 209 g/mol. The molecule has 82 valence electrons. The minimum absolute atomic E-state index is 0.0729. The predicted octanol–water partition coefficient (Wildman–Crippen LogP) is 1.60. The minimum atomic E-state index is -0.393. The second-order valence-corrected chi connectivity index (χ2v) is 3.03. The summed E-state index contributed by atoms with van der Waals surface area (Å²) in [5.74, 6) is 1.04. The van der Waals surface area contributed by atoms with Crippen LogP contribution in [0.25, 0.3) is 0 Å². The lowest BCUT2D eigenvalue weighted by atomic mass is 10.0. The number of aromatic hydroxyl groups is 1. The molecule has 0 aliphatic heterocycles. The van der Waals surface area contributed by atoms with Crippen molar-refractivity contribution in [2.45, 2.75) is 6.04 Å². The fourth-order valence-corrected chi connectivity index (χ4v) is 1.37. The van der Waals surface area contributed by atoms with Crippen molar-refractivity contribution in [2.24, 2.45) is 5.73 Å². The average molecular weight is 209 g/mol. The van der Waals surface area contributed by atoms with Crippen molar-refractivity contribution in [3.05, 3.63) is 30.4 Å². The van der Waals surface area contributed by atoms with Crippen molar-refractivity contribution < 1.29 is 14.6 Å². The Hall–Kier alpha value is -1.68. The first kappa shape index (κ1) is 11.4. The van der Waals surface area contributed by atoms with E-state index in [9.17, 15) is 5.11 Å². The SMILES string of the molecule is C=C[C@@H](N)c1c(OC)cc(O)cc1OC. The Labute approximate surface area is 88.9 Å². The van der Waals surface area contributed by atoms with Gasteiger partial charge in [0, 0.05) is 12.1 Å². The molecular formula is C11H15NO3. The van der Waals surface area contributed by atoms with Crippen molar-refractivity contribution in [1.82, 2.24) is 0 Å². The molecule has 0 aromatic heterocycles. The van der Waals surface area contributed by atoms with Gasteiger partial charge in [0.05, 0.1) is 25.8 Å². The summed E-state index contributed by atoms with van der Waals surface area (Å²) in [6.07, 6.45) is 1.58. The Bertz CT molecular complexity index is 338. The maximum absolute atomic E-state index is 9.41. The molecule has 0 aliphatic rings. The molecule has 0 amide bonds. The molecule has 3 N–H and O–H groups in total. The van der Waals surface area contributed by atoms with Crippen molar-refractivity contribution >= 4 is 0 Å². The largest absolute Gasteiger partial charge is 0.508 e. The van der Waals surface area contributed by atoms with Crippen LogP contribution in [0.1, 0.15) is 11.6 Å². The van der Waals surface area contributed by atoms with Crippen LogP contribution >= 0.6 is 0 Å². The fraction of sp³-hybridized carbons (Fsp3) is 0.273. The van der Waals surface area contributed by atoms with E-state index in [4.69, 9.17) is 15.2 Å². The van der Waals surface area contributed by atoms with Gasteiger partial charge in [-0.1, -0.05) is 6.08 Å². The minimum Gasteiger partial charge on any atom is -0.508 e. The van der Waals surface area contributed by atoms with Crippen LogP contribution in [-0.2, 0) is 0 Å². The molecule has 0 unspecified atom stereocenters. The lowest BCUT2D eigenvalue weighted by molar-refractivity contribution is 0.374.